The highest BCUT2D eigenvalue weighted by Crippen LogP contribution is 2.21. The number of aromatic nitrogens is 1. The van der Waals surface area contributed by atoms with Crippen LogP contribution in [0.1, 0.15) is 29.8 Å². The van der Waals surface area contributed by atoms with Gasteiger partial charge in [0.1, 0.15) is 11.8 Å². The van der Waals surface area contributed by atoms with Crippen LogP contribution in [0.5, 0.6) is 5.75 Å². The summed E-state index contributed by atoms with van der Waals surface area (Å²) in [5.74, 6) is 0.461. The molecule has 0 aliphatic heterocycles. The number of carbonyl (C=O) groups is 1. The summed E-state index contributed by atoms with van der Waals surface area (Å²) < 4.78 is 5.63. The lowest BCUT2D eigenvalue weighted by Crippen LogP contribution is -2.13. The number of amides is 1. The molecular formula is C22H20N4O2. The molecule has 0 fully saturated rings. The number of ether oxygens (including phenoxy) is 1. The van der Waals surface area contributed by atoms with Crippen molar-refractivity contribution >= 4 is 23.0 Å². The minimum absolute atomic E-state index is 0.115. The third-order valence-electron chi connectivity index (χ3n) is 3.81. The van der Waals surface area contributed by atoms with Crippen molar-refractivity contribution in [3.63, 3.8) is 0 Å². The molecular weight excluding hydrogens is 352 g/mol. The first-order chi connectivity index (χ1) is 13.5. The number of nitriles is 1. The van der Waals surface area contributed by atoms with Gasteiger partial charge in [-0.05, 0) is 56.3 Å². The summed E-state index contributed by atoms with van der Waals surface area (Å²) in [7, 11) is 0. The monoisotopic (exact) mass is 372 g/mol. The Morgan fingerprint density at radius 1 is 1.07 bits per heavy atom. The standard InChI is InChI=1S/C22H20N4O2/c1-15(2)28-20-9-7-18(8-10-20)25-19-11-17(13-24-14-19)22(27)26-21-6-4-3-5-16(21)12-23/h3-11,13-15,25H,1-2H3,(H,26,27). The molecule has 6 heteroatoms. The number of para-hydroxylation sites is 1. The first-order valence-corrected chi connectivity index (χ1v) is 8.84. The first-order valence-electron chi connectivity index (χ1n) is 8.84. The lowest BCUT2D eigenvalue weighted by Gasteiger charge is -2.12. The second-order valence-corrected chi connectivity index (χ2v) is 6.39. The predicted molar refractivity (Wildman–Crippen MR) is 109 cm³/mol. The van der Waals surface area contributed by atoms with E-state index >= 15 is 0 Å². The van der Waals surface area contributed by atoms with Gasteiger partial charge < -0.3 is 15.4 Å². The van der Waals surface area contributed by atoms with Crippen molar-refractivity contribution in [3.05, 3.63) is 78.1 Å². The van der Waals surface area contributed by atoms with Crippen LogP contribution in [0.15, 0.2) is 67.0 Å². The molecule has 0 spiro atoms. The second-order valence-electron chi connectivity index (χ2n) is 6.39. The largest absolute Gasteiger partial charge is 0.491 e. The zero-order valence-corrected chi connectivity index (χ0v) is 15.6. The lowest BCUT2D eigenvalue weighted by atomic mass is 10.2. The average Bonchev–Trinajstić information content (AvgIpc) is 2.70. The van der Waals surface area contributed by atoms with E-state index in [-0.39, 0.29) is 12.0 Å². The summed E-state index contributed by atoms with van der Waals surface area (Å²) in [6.07, 6.45) is 3.23. The highest BCUT2D eigenvalue weighted by atomic mass is 16.5. The lowest BCUT2D eigenvalue weighted by molar-refractivity contribution is 0.102. The summed E-state index contributed by atoms with van der Waals surface area (Å²) in [4.78, 5) is 16.7. The van der Waals surface area contributed by atoms with Gasteiger partial charge in [0.2, 0.25) is 0 Å². The van der Waals surface area contributed by atoms with Crippen molar-refractivity contribution in [2.45, 2.75) is 20.0 Å². The summed E-state index contributed by atoms with van der Waals surface area (Å²) in [5.41, 5.74) is 2.79. The second kappa shape index (κ2) is 8.69. The molecule has 2 aromatic carbocycles. The van der Waals surface area contributed by atoms with Crippen molar-refractivity contribution in [2.24, 2.45) is 0 Å². The van der Waals surface area contributed by atoms with Gasteiger partial charge in [0.25, 0.3) is 5.91 Å². The van der Waals surface area contributed by atoms with E-state index in [1.54, 1.807) is 36.5 Å². The third-order valence-corrected chi connectivity index (χ3v) is 3.81. The van der Waals surface area contributed by atoms with Crippen LogP contribution in [-0.4, -0.2) is 17.0 Å². The Morgan fingerprint density at radius 3 is 2.54 bits per heavy atom. The third kappa shape index (κ3) is 4.86. The van der Waals surface area contributed by atoms with Crippen LogP contribution in [0.25, 0.3) is 0 Å². The molecule has 0 atom stereocenters. The van der Waals surface area contributed by atoms with Crippen LogP contribution in [0, 0.1) is 11.3 Å². The normalized spacial score (nSPS) is 10.2. The molecule has 2 N–H and O–H groups in total. The van der Waals surface area contributed by atoms with Gasteiger partial charge in [-0.15, -0.1) is 0 Å². The summed E-state index contributed by atoms with van der Waals surface area (Å²) in [6, 6.07) is 18.2. The molecule has 3 aromatic rings. The van der Waals surface area contributed by atoms with E-state index in [0.29, 0.717) is 22.5 Å². The molecule has 6 nitrogen and oxygen atoms in total. The summed E-state index contributed by atoms with van der Waals surface area (Å²) >= 11 is 0. The number of nitrogens with one attached hydrogen (secondary N) is 2. The van der Waals surface area contributed by atoms with Crippen LogP contribution in [0.2, 0.25) is 0 Å². The number of pyridine rings is 1. The molecule has 0 saturated carbocycles. The van der Waals surface area contributed by atoms with E-state index in [4.69, 9.17) is 10.00 Å². The topological polar surface area (TPSA) is 87.0 Å². The molecule has 28 heavy (non-hydrogen) atoms. The van der Waals surface area contributed by atoms with Gasteiger partial charge in [-0.1, -0.05) is 12.1 Å². The first kappa shape index (κ1) is 18.9. The van der Waals surface area contributed by atoms with Crippen LogP contribution in [0.3, 0.4) is 0 Å². The molecule has 140 valence electrons. The van der Waals surface area contributed by atoms with Crippen molar-refractivity contribution in [2.75, 3.05) is 10.6 Å². The molecule has 1 aromatic heterocycles. The Labute approximate surface area is 163 Å². The van der Waals surface area contributed by atoms with E-state index < -0.39 is 0 Å². The van der Waals surface area contributed by atoms with Crippen molar-refractivity contribution in [3.8, 4) is 11.8 Å². The molecule has 0 aliphatic rings. The van der Waals surface area contributed by atoms with Gasteiger partial charge in [0, 0.05) is 11.9 Å². The number of hydrogen-bond acceptors (Lipinski definition) is 5. The summed E-state index contributed by atoms with van der Waals surface area (Å²) in [5, 5.41) is 15.1. The smallest absolute Gasteiger partial charge is 0.257 e. The van der Waals surface area contributed by atoms with Gasteiger partial charge >= 0.3 is 0 Å². The fourth-order valence-corrected chi connectivity index (χ4v) is 2.57. The molecule has 0 saturated heterocycles. The Morgan fingerprint density at radius 2 is 1.82 bits per heavy atom. The maximum absolute atomic E-state index is 12.5. The minimum atomic E-state index is -0.334. The molecule has 0 bridgehead atoms. The highest BCUT2D eigenvalue weighted by Gasteiger charge is 2.10. The number of nitrogens with zero attached hydrogens (tertiary/aromatic N) is 2. The Balaban J connectivity index is 1.71. The van der Waals surface area contributed by atoms with Gasteiger partial charge in [-0.3, -0.25) is 9.78 Å². The predicted octanol–water partition coefficient (Wildman–Crippen LogP) is 4.74. The highest BCUT2D eigenvalue weighted by molar-refractivity contribution is 6.05. The molecule has 0 radical (unpaired) electrons. The van der Waals surface area contributed by atoms with Crippen LogP contribution in [0.4, 0.5) is 17.1 Å². The van der Waals surface area contributed by atoms with Gasteiger partial charge in [0.05, 0.1) is 34.8 Å². The van der Waals surface area contributed by atoms with Crippen molar-refractivity contribution in [1.29, 1.82) is 5.26 Å². The number of anilines is 3. The van der Waals surface area contributed by atoms with Crippen molar-refractivity contribution < 1.29 is 9.53 Å². The molecule has 1 amide bonds. The fourth-order valence-electron chi connectivity index (χ4n) is 2.57. The van der Waals surface area contributed by atoms with Crippen LogP contribution in [-0.2, 0) is 0 Å². The van der Waals surface area contributed by atoms with Crippen molar-refractivity contribution in [1.82, 2.24) is 4.98 Å². The zero-order valence-electron chi connectivity index (χ0n) is 15.6. The summed E-state index contributed by atoms with van der Waals surface area (Å²) in [6.45, 7) is 3.95. The number of carbonyl (C=O) groups excluding carboxylic acids is 1. The Bertz CT molecular complexity index is 1010. The van der Waals surface area contributed by atoms with E-state index in [2.05, 4.69) is 21.7 Å². The maximum atomic E-state index is 12.5. The maximum Gasteiger partial charge on any atom is 0.257 e. The molecule has 0 unspecified atom stereocenters. The SMILES string of the molecule is CC(C)Oc1ccc(Nc2cncc(C(=O)Nc3ccccc3C#N)c2)cc1. The van der Waals surface area contributed by atoms with Gasteiger partial charge in [0.15, 0.2) is 0 Å². The number of benzene rings is 2. The van der Waals surface area contributed by atoms with E-state index in [0.717, 1.165) is 11.4 Å². The van der Waals surface area contributed by atoms with Gasteiger partial charge in [-0.25, -0.2) is 0 Å². The molecule has 1 heterocycles. The van der Waals surface area contributed by atoms with Crippen LogP contribution < -0.4 is 15.4 Å². The van der Waals surface area contributed by atoms with E-state index in [1.807, 2.05) is 38.1 Å². The quantitative estimate of drug-likeness (QED) is 0.653. The zero-order chi connectivity index (χ0) is 19.9. The van der Waals surface area contributed by atoms with Gasteiger partial charge in [-0.2, -0.15) is 5.26 Å². The number of hydrogen-bond donors (Lipinski definition) is 2. The minimum Gasteiger partial charge on any atom is -0.491 e. The Hall–Kier alpha value is -3.85. The number of rotatable bonds is 6. The Kier molecular flexibility index (Phi) is 5.87. The molecule has 3 rings (SSSR count). The fraction of sp³-hybridized carbons (Fsp3) is 0.136. The van der Waals surface area contributed by atoms with Crippen LogP contribution >= 0.6 is 0 Å². The average molecular weight is 372 g/mol. The van der Waals surface area contributed by atoms with E-state index in [9.17, 15) is 4.79 Å². The van der Waals surface area contributed by atoms with E-state index in [1.165, 1.54) is 6.20 Å². The molecule has 0 aliphatic carbocycles.